The third-order valence-electron chi connectivity index (χ3n) is 4.90. The number of morpholine rings is 1. The minimum atomic E-state index is -0.498. The summed E-state index contributed by atoms with van der Waals surface area (Å²) < 4.78 is 21.3. The van der Waals surface area contributed by atoms with E-state index in [1.165, 1.54) is 13.4 Å². The van der Waals surface area contributed by atoms with Crippen LogP contribution in [0.15, 0.2) is 47.1 Å². The van der Waals surface area contributed by atoms with Crippen molar-refractivity contribution in [1.29, 1.82) is 0 Å². The highest BCUT2D eigenvalue weighted by molar-refractivity contribution is 5.86. The Hall–Kier alpha value is -2.90. The van der Waals surface area contributed by atoms with Gasteiger partial charge in [0.15, 0.2) is 5.69 Å². The van der Waals surface area contributed by atoms with Gasteiger partial charge in [-0.05, 0) is 34.5 Å². The number of aromatic nitrogens is 1. The summed E-state index contributed by atoms with van der Waals surface area (Å²) in [5.41, 5.74) is 1.32. The van der Waals surface area contributed by atoms with Crippen LogP contribution in [-0.4, -0.2) is 49.8 Å². The molecule has 1 fully saturated rings. The second kappa shape index (κ2) is 8.00. The lowest BCUT2D eigenvalue weighted by molar-refractivity contribution is -0.0351. The van der Waals surface area contributed by atoms with Crippen molar-refractivity contribution in [1.82, 2.24) is 9.88 Å². The summed E-state index contributed by atoms with van der Waals surface area (Å²) in [6.45, 7) is 2.63. The monoisotopic (exact) mass is 382 g/mol. The number of benzene rings is 2. The van der Waals surface area contributed by atoms with Crippen LogP contribution < -0.4 is 4.74 Å². The summed E-state index contributed by atoms with van der Waals surface area (Å²) in [7, 11) is 2.99. The molecule has 146 valence electrons. The van der Waals surface area contributed by atoms with E-state index in [1.807, 2.05) is 12.1 Å². The van der Waals surface area contributed by atoms with Gasteiger partial charge in [-0.3, -0.25) is 4.90 Å². The molecule has 1 unspecified atom stereocenters. The Labute approximate surface area is 162 Å². The number of hydrogen-bond donors (Lipinski definition) is 0. The zero-order valence-electron chi connectivity index (χ0n) is 15.9. The van der Waals surface area contributed by atoms with Gasteiger partial charge in [0.1, 0.15) is 12.0 Å². The molecule has 0 spiro atoms. The fraction of sp³-hybridized carbons (Fsp3) is 0.333. The fourth-order valence-electron chi connectivity index (χ4n) is 3.39. The minimum Gasteiger partial charge on any atom is -0.497 e. The molecule has 1 saturated heterocycles. The van der Waals surface area contributed by atoms with Gasteiger partial charge >= 0.3 is 5.97 Å². The quantitative estimate of drug-likeness (QED) is 0.627. The predicted molar refractivity (Wildman–Crippen MR) is 102 cm³/mol. The number of rotatable bonds is 5. The van der Waals surface area contributed by atoms with Crippen LogP contribution in [0.2, 0.25) is 0 Å². The Morgan fingerprint density at radius 1 is 1.21 bits per heavy atom. The van der Waals surface area contributed by atoms with E-state index in [0.717, 1.165) is 35.2 Å². The topological polar surface area (TPSA) is 74.0 Å². The maximum atomic E-state index is 11.5. The molecule has 1 aromatic heterocycles. The van der Waals surface area contributed by atoms with Gasteiger partial charge in [0.25, 0.3) is 0 Å². The average Bonchev–Trinajstić information content (AvgIpc) is 3.21. The summed E-state index contributed by atoms with van der Waals surface area (Å²) >= 11 is 0. The number of methoxy groups -OCH3 is 2. The highest BCUT2D eigenvalue weighted by Crippen LogP contribution is 2.28. The molecular formula is C21H22N2O5. The summed E-state index contributed by atoms with van der Waals surface area (Å²) in [6.07, 6.45) is 1.30. The SMILES string of the molecule is COC(=O)c1coc(CN2CCOC(c3ccc4cc(OC)ccc4c3)C2)n1. The number of ether oxygens (including phenoxy) is 3. The molecule has 0 saturated carbocycles. The van der Waals surface area contributed by atoms with E-state index in [1.54, 1.807) is 7.11 Å². The molecule has 1 aliphatic heterocycles. The lowest BCUT2D eigenvalue weighted by atomic mass is 10.0. The number of carbonyl (C=O) groups excluding carboxylic acids is 1. The molecule has 0 aliphatic carbocycles. The van der Waals surface area contributed by atoms with Gasteiger partial charge in [-0.2, -0.15) is 0 Å². The summed E-state index contributed by atoms with van der Waals surface area (Å²) in [5.74, 6) is 0.840. The van der Waals surface area contributed by atoms with E-state index in [4.69, 9.17) is 13.9 Å². The van der Waals surface area contributed by atoms with Gasteiger partial charge in [0.2, 0.25) is 5.89 Å². The molecule has 0 radical (unpaired) electrons. The first-order valence-corrected chi connectivity index (χ1v) is 9.10. The van der Waals surface area contributed by atoms with Gasteiger partial charge in [-0.25, -0.2) is 9.78 Å². The van der Waals surface area contributed by atoms with Crippen LogP contribution >= 0.6 is 0 Å². The molecule has 0 amide bonds. The van der Waals surface area contributed by atoms with Crippen LogP contribution in [-0.2, 0) is 16.0 Å². The Morgan fingerprint density at radius 2 is 2.04 bits per heavy atom. The summed E-state index contributed by atoms with van der Waals surface area (Å²) in [6, 6.07) is 12.4. The van der Waals surface area contributed by atoms with Crippen molar-refractivity contribution in [3.8, 4) is 5.75 Å². The summed E-state index contributed by atoms with van der Waals surface area (Å²) in [5, 5.41) is 2.28. The van der Waals surface area contributed by atoms with Crippen LogP contribution in [0.25, 0.3) is 10.8 Å². The van der Waals surface area contributed by atoms with Crippen molar-refractivity contribution in [3.63, 3.8) is 0 Å². The van der Waals surface area contributed by atoms with E-state index >= 15 is 0 Å². The standard InChI is InChI=1S/C21H22N2O5/c1-25-17-6-5-14-9-16(4-3-15(14)10-17)19-11-23(7-8-27-19)12-20-22-18(13-28-20)21(24)26-2/h3-6,9-10,13,19H,7-8,11-12H2,1-2H3. The first kappa shape index (κ1) is 18.5. The predicted octanol–water partition coefficient (Wildman–Crippen LogP) is 3.20. The molecule has 3 aromatic rings. The largest absolute Gasteiger partial charge is 0.497 e. The van der Waals surface area contributed by atoms with Crippen molar-refractivity contribution >= 4 is 16.7 Å². The number of nitrogens with zero attached hydrogens (tertiary/aromatic N) is 2. The molecule has 7 nitrogen and oxygen atoms in total. The summed E-state index contributed by atoms with van der Waals surface area (Å²) in [4.78, 5) is 17.9. The second-order valence-electron chi connectivity index (χ2n) is 6.69. The second-order valence-corrected chi connectivity index (χ2v) is 6.69. The molecule has 2 heterocycles. The highest BCUT2D eigenvalue weighted by atomic mass is 16.5. The lowest BCUT2D eigenvalue weighted by Crippen LogP contribution is -2.37. The molecule has 1 atom stereocenters. The van der Waals surface area contributed by atoms with Gasteiger partial charge in [-0.1, -0.05) is 18.2 Å². The van der Waals surface area contributed by atoms with Crippen LogP contribution in [0.3, 0.4) is 0 Å². The molecule has 28 heavy (non-hydrogen) atoms. The van der Waals surface area contributed by atoms with Gasteiger partial charge in [0, 0.05) is 13.1 Å². The zero-order chi connectivity index (χ0) is 19.5. The van der Waals surface area contributed by atoms with E-state index in [2.05, 4.69) is 38.9 Å². The maximum Gasteiger partial charge on any atom is 0.360 e. The molecule has 0 bridgehead atoms. The first-order valence-electron chi connectivity index (χ1n) is 9.10. The number of hydrogen-bond acceptors (Lipinski definition) is 7. The molecule has 0 N–H and O–H groups in total. The van der Waals surface area contributed by atoms with E-state index < -0.39 is 5.97 Å². The Bertz CT molecular complexity index is 984. The molecule has 4 rings (SSSR count). The van der Waals surface area contributed by atoms with Gasteiger partial charge in [-0.15, -0.1) is 0 Å². The van der Waals surface area contributed by atoms with E-state index in [0.29, 0.717) is 19.0 Å². The number of fused-ring (bicyclic) bond motifs is 1. The van der Waals surface area contributed by atoms with Crippen LogP contribution in [0.5, 0.6) is 5.75 Å². The average molecular weight is 382 g/mol. The normalized spacial score (nSPS) is 17.6. The lowest BCUT2D eigenvalue weighted by Gasteiger charge is -2.32. The third-order valence-corrected chi connectivity index (χ3v) is 4.90. The molecule has 2 aromatic carbocycles. The molecular weight excluding hydrogens is 360 g/mol. The van der Waals surface area contributed by atoms with Gasteiger partial charge < -0.3 is 18.6 Å². The smallest absolute Gasteiger partial charge is 0.360 e. The van der Waals surface area contributed by atoms with Crippen LogP contribution in [0.1, 0.15) is 28.0 Å². The van der Waals surface area contributed by atoms with Crippen molar-refractivity contribution in [3.05, 3.63) is 59.8 Å². The van der Waals surface area contributed by atoms with E-state index in [9.17, 15) is 4.79 Å². The Morgan fingerprint density at radius 3 is 2.86 bits per heavy atom. The number of esters is 1. The molecule has 7 heteroatoms. The first-order chi connectivity index (χ1) is 13.7. The van der Waals surface area contributed by atoms with Crippen LogP contribution in [0.4, 0.5) is 0 Å². The molecule has 1 aliphatic rings. The third kappa shape index (κ3) is 3.85. The zero-order valence-corrected chi connectivity index (χ0v) is 15.9. The fourth-order valence-corrected chi connectivity index (χ4v) is 3.39. The number of carbonyl (C=O) groups is 1. The Balaban J connectivity index is 1.46. The van der Waals surface area contributed by atoms with Crippen molar-refractivity contribution in [2.45, 2.75) is 12.6 Å². The maximum absolute atomic E-state index is 11.5. The Kier molecular flexibility index (Phi) is 5.27. The highest BCUT2D eigenvalue weighted by Gasteiger charge is 2.24. The van der Waals surface area contributed by atoms with Crippen LogP contribution in [0, 0.1) is 0 Å². The van der Waals surface area contributed by atoms with Gasteiger partial charge in [0.05, 0.1) is 33.5 Å². The number of oxazole rings is 1. The van der Waals surface area contributed by atoms with Crippen molar-refractivity contribution in [2.75, 3.05) is 33.9 Å². The van der Waals surface area contributed by atoms with Crippen molar-refractivity contribution in [2.24, 2.45) is 0 Å². The van der Waals surface area contributed by atoms with E-state index in [-0.39, 0.29) is 11.8 Å². The van der Waals surface area contributed by atoms with Crippen molar-refractivity contribution < 1.29 is 23.4 Å². The minimum absolute atomic E-state index is 0.0321.